The molecule has 0 aromatic heterocycles. The number of aliphatic carboxylic acids is 2. The summed E-state index contributed by atoms with van der Waals surface area (Å²) in [5, 5.41) is 34.3. The van der Waals surface area contributed by atoms with E-state index in [-0.39, 0.29) is 11.5 Å². The maximum Gasteiger partial charge on any atom is 0.303 e. The lowest BCUT2D eigenvalue weighted by atomic mass is 10.0. The molecule has 0 saturated carbocycles. The van der Waals surface area contributed by atoms with E-state index in [2.05, 4.69) is 13.8 Å². The largest absolute Gasteiger partial charge is 0.508 e. The van der Waals surface area contributed by atoms with E-state index < -0.39 is 11.9 Å². The lowest BCUT2D eigenvalue weighted by molar-refractivity contribution is -0.138. The third-order valence-electron chi connectivity index (χ3n) is 7.32. The van der Waals surface area contributed by atoms with Crippen molar-refractivity contribution in [2.75, 3.05) is 0 Å². The standard InChI is InChI=1S/2C15H30O2.C6H6O2/c2*1-2-3-4-5-6-7-8-9-10-11-12-13-14-15(16)17;7-5-2-1-3-6(8)4-5/h2*2-14H2,1H3,(H,16,17);1-4,7-8H. The van der Waals surface area contributed by atoms with Gasteiger partial charge in [-0.3, -0.25) is 9.59 Å². The fraction of sp³-hybridized carbons (Fsp3) is 0.778. The molecular weight excluding hydrogens is 528 g/mol. The van der Waals surface area contributed by atoms with Gasteiger partial charge >= 0.3 is 11.9 Å². The number of rotatable bonds is 26. The first kappa shape index (κ1) is 41.9. The van der Waals surface area contributed by atoms with Gasteiger partial charge in [0.25, 0.3) is 0 Å². The zero-order valence-corrected chi connectivity index (χ0v) is 27.3. The highest BCUT2D eigenvalue weighted by Gasteiger charge is 1.98. The van der Waals surface area contributed by atoms with Crippen LogP contribution in [-0.2, 0) is 9.59 Å². The van der Waals surface area contributed by atoms with Crippen LogP contribution in [0.4, 0.5) is 0 Å². The highest BCUT2D eigenvalue weighted by molar-refractivity contribution is 5.66. The topological polar surface area (TPSA) is 115 Å². The first-order chi connectivity index (χ1) is 20.3. The summed E-state index contributed by atoms with van der Waals surface area (Å²) >= 11 is 0. The Balaban J connectivity index is 0. The third kappa shape index (κ3) is 39.9. The molecule has 0 spiro atoms. The number of carbonyl (C=O) groups is 2. The van der Waals surface area contributed by atoms with Crippen LogP contribution in [0.3, 0.4) is 0 Å². The quantitative estimate of drug-likeness (QED) is 0.0793. The molecule has 0 atom stereocenters. The van der Waals surface area contributed by atoms with Crippen molar-refractivity contribution in [2.45, 2.75) is 181 Å². The summed E-state index contributed by atoms with van der Waals surface area (Å²) < 4.78 is 0. The number of carboxylic acids is 2. The molecule has 0 bridgehead atoms. The zero-order chi connectivity index (χ0) is 31.5. The van der Waals surface area contributed by atoms with E-state index in [1.54, 1.807) is 6.07 Å². The molecule has 0 aliphatic rings. The van der Waals surface area contributed by atoms with Crippen LogP contribution in [0.5, 0.6) is 11.5 Å². The molecule has 1 aromatic rings. The van der Waals surface area contributed by atoms with Crippen LogP contribution in [-0.4, -0.2) is 32.4 Å². The van der Waals surface area contributed by atoms with E-state index in [4.69, 9.17) is 20.4 Å². The van der Waals surface area contributed by atoms with Gasteiger partial charge in [-0.1, -0.05) is 161 Å². The van der Waals surface area contributed by atoms with Gasteiger partial charge in [-0.15, -0.1) is 0 Å². The van der Waals surface area contributed by atoms with Crippen LogP contribution in [0.1, 0.15) is 181 Å². The van der Waals surface area contributed by atoms with E-state index >= 15 is 0 Å². The molecule has 1 rings (SSSR count). The summed E-state index contributed by atoms with van der Waals surface area (Å²) in [5.41, 5.74) is 0. The van der Waals surface area contributed by atoms with Crippen molar-refractivity contribution in [3.8, 4) is 11.5 Å². The van der Waals surface area contributed by atoms with Crippen LogP contribution in [0, 0.1) is 0 Å². The van der Waals surface area contributed by atoms with Crippen LogP contribution >= 0.6 is 0 Å². The lowest BCUT2D eigenvalue weighted by Crippen LogP contribution is -1.93. The fourth-order valence-corrected chi connectivity index (χ4v) is 4.73. The van der Waals surface area contributed by atoms with Gasteiger partial charge in [0.1, 0.15) is 11.5 Å². The molecule has 0 amide bonds. The molecule has 6 heteroatoms. The SMILES string of the molecule is CCCCCCCCCCCCCCC(=O)O.CCCCCCCCCCCCCCC(=O)O.Oc1cccc(O)c1. The summed E-state index contributed by atoms with van der Waals surface area (Å²) in [7, 11) is 0. The average Bonchev–Trinajstić information content (AvgIpc) is 2.94. The number of phenolic OH excluding ortho intramolecular Hbond substituents is 2. The number of unbranched alkanes of at least 4 members (excludes halogenated alkanes) is 22. The maximum absolute atomic E-state index is 10.3. The molecule has 0 radical (unpaired) electrons. The predicted molar refractivity (Wildman–Crippen MR) is 176 cm³/mol. The second-order valence-electron chi connectivity index (χ2n) is 11.6. The Hall–Kier alpha value is -2.24. The van der Waals surface area contributed by atoms with Crippen LogP contribution < -0.4 is 0 Å². The molecule has 0 heterocycles. The first-order valence-electron chi connectivity index (χ1n) is 17.2. The Bertz CT molecular complexity index is 651. The third-order valence-corrected chi connectivity index (χ3v) is 7.32. The summed E-state index contributed by atoms with van der Waals surface area (Å²) in [6, 6.07) is 5.85. The molecule has 0 aliphatic carbocycles. The van der Waals surface area contributed by atoms with E-state index in [0.29, 0.717) is 12.8 Å². The van der Waals surface area contributed by atoms with Crippen LogP contribution in [0.25, 0.3) is 0 Å². The van der Waals surface area contributed by atoms with Gasteiger partial charge in [-0.2, -0.15) is 0 Å². The van der Waals surface area contributed by atoms with Gasteiger partial charge in [0.15, 0.2) is 0 Å². The number of hydrogen-bond donors (Lipinski definition) is 4. The van der Waals surface area contributed by atoms with Crippen molar-refractivity contribution in [3.63, 3.8) is 0 Å². The minimum atomic E-state index is -0.655. The summed E-state index contributed by atoms with van der Waals surface area (Å²) in [5.74, 6) is -1.14. The monoisotopic (exact) mass is 594 g/mol. The number of carboxylic acid groups (broad SMARTS) is 2. The van der Waals surface area contributed by atoms with Crippen molar-refractivity contribution < 1.29 is 30.0 Å². The minimum absolute atomic E-state index is 0.0880. The van der Waals surface area contributed by atoms with Crippen molar-refractivity contribution >= 4 is 11.9 Å². The number of phenols is 2. The lowest BCUT2D eigenvalue weighted by Gasteiger charge is -2.02. The van der Waals surface area contributed by atoms with Gasteiger partial charge in [0.05, 0.1) is 0 Å². The predicted octanol–water partition coefficient (Wildman–Crippen LogP) is 11.4. The van der Waals surface area contributed by atoms with E-state index in [1.807, 2.05) is 0 Å². The van der Waals surface area contributed by atoms with Gasteiger partial charge in [-0.05, 0) is 25.0 Å². The Labute approximate surface area is 258 Å². The first-order valence-corrected chi connectivity index (χ1v) is 17.2. The minimum Gasteiger partial charge on any atom is -0.508 e. The van der Waals surface area contributed by atoms with Crippen molar-refractivity contribution in [1.29, 1.82) is 0 Å². The molecule has 4 N–H and O–H groups in total. The van der Waals surface area contributed by atoms with Gasteiger partial charge < -0.3 is 20.4 Å². The van der Waals surface area contributed by atoms with E-state index in [9.17, 15) is 9.59 Å². The Morgan fingerprint density at radius 2 is 0.690 bits per heavy atom. The smallest absolute Gasteiger partial charge is 0.303 e. The van der Waals surface area contributed by atoms with Gasteiger partial charge in [-0.25, -0.2) is 0 Å². The normalized spacial score (nSPS) is 10.3. The number of aromatic hydroxyl groups is 2. The highest BCUT2D eigenvalue weighted by Crippen LogP contribution is 2.15. The molecule has 0 unspecified atom stereocenters. The molecule has 246 valence electrons. The van der Waals surface area contributed by atoms with Crippen LogP contribution in [0.15, 0.2) is 24.3 Å². The summed E-state index contributed by atoms with van der Waals surface area (Å²) in [4.78, 5) is 20.6. The summed E-state index contributed by atoms with van der Waals surface area (Å²) in [6.07, 6.45) is 31.6. The molecular formula is C36H66O6. The van der Waals surface area contributed by atoms with Gasteiger partial charge in [0.2, 0.25) is 0 Å². The Morgan fingerprint density at radius 3 is 0.881 bits per heavy atom. The van der Waals surface area contributed by atoms with Gasteiger partial charge in [0, 0.05) is 18.9 Å². The Kier molecular flexibility index (Phi) is 34.9. The number of benzene rings is 1. The fourth-order valence-electron chi connectivity index (χ4n) is 4.73. The Morgan fingerprint density at radius 1 is 0.452 bits per heavy atom. The van der Waals surface area contributed by atoms with Crippen LogP contribution in [0.2, 0.25) is 0 Å². The molecule has 0 saturated heterocycles. The molecule has 1 aromatic carbocycles. The molecule has 42 heavy (non-hydrogen) atoms. The van der Waals surface area contributed by atoms with E-state index in [1.165, 1.54) is 147 Å². The highest BCUT2D eigenvalue weighted by atomic mass is 16.4. The summed E-state index contributed by atoms with van der Waals surface area (Å²) in [6.45, 7) is 4.51. The second kappa shape index (κ2) is 35.0. The molecule has 0 fully saturated rings. The van der Waals surface area contributed by atoms with Crippen molar-refractivity contribution in [3.05, 3.63) is 24.3 Å². The molecule has 6 nitrogen and oxygen atoms in total. The van der Waals surface area contributed by atoms with Crippen molar-refractivity contribution in [1.82, 2.24) is 0 Å². The molecule has 0 aliphatic heterocycles. The average molecular weight is 595 g/mol. The maximum atomic E-state index is 10.3. The van der Waals surface area contributed by atoms with Crippen molar-refractivity contribution in [2.24, 2.45) is 0 Å². The number of hydrogen-bond acceptors (Lipinski definition) is 4. The zero-order valence-electron chi connectivity index (χ0n) is 27.3. The van der Waals surface area contributed by atoms with E-state index in [0.717, 1.165) is 25.7 Å². The second-order valence-corrected chi connectivity index (χ2v) is 11.6.